The average molecular weight is 337 g/mol. The minimum atomic E-state index is -0.447. The quantitative estimate of drug-likeness (QED) is 0.671. The highest BCUT2D eigenvalue weighted by molar-refractivity contribution is 9.10. The zero-order valence-corrected chi connectivity index (χ0v) is 12.3. The van der Waals surface area contributed by atoms with Gasteiger partial charge in [0.1, 0.15) is 11.5 Å². The SMILES string of the molecule is CC(N)c1ccc(Oc2ccc([N+](=O)[O-])cc2)cc1Br. The van der Waals surface area contributed by atoms with E-state index in [4.69, 9.17) is 10.5 Å². The summed E-state index contributed by atoms with van der Waals surface area (Å²) in [6.07, 6.45) is 0. The number of halogens is 1. The number of hydrogen-bond acceptors (Lipinski definition) is 4. The topological polar surface area (TPSA) is 78.4 Å². The standard InChI is InChI=1S/C14H13BrN2O3/c1-9(16)13-7-6-12(8-14(13)15)20-11-4-2-10(3-5-11)17(18)19/h2-9H,16H2,1H3. The fourth-order valence-corrected chi connectivity index (χ4v) is 2.43. The number of rotatable bonds is 4. The molecule has 0 saturated carbocycles. The van der Waals surface area contributed by atoms with Crippen LogP contribution in [0, 0.1) is 10.1 Å². The van der Waals surface area contributed by atoms with Crippen LogP contribution >= 0.6 is 15.9 Å². The number of nitrogens with two attached hydrogens (primary N) is 1. The van der Waals surface area contributed by atoms with E-state index in [1.807, 2.05) is 25.1 Å². The molecule has 0 aliphatic rings. The smallest absolute Gasteiger partial charge is 0.269 e. The average Bonchev–Trinajstić information content (AvgIpc) is 2.39. The first-order valence-corrected chi connectivity index (χ1v) is 6.74. The van der Waals surface area contributed by atoms with Crippen LogP contribution in [0.3, 0.4) is 0 Å². The lowest BCUT2D eigenvalue weighted by Crippen LogP contribution is -2.05. The van der Waals surface area contributed by atoms with Gasteiger partial charge in [0.2, 0.25) is 0 Å². The van der Waals surface area contributed by atoms with E-state index in [9.17, 15) is 10.1 Å². The van der Waals surface area contributed by atoms with Crippen LogP contribution in [0.2, 0.25) is 0 Å². The van der Waals surface area contributed by atoms with Crippen molar-refractivity contribution in [3.63, 3.8) is 0 Å². The first-order valence-electron chi connectivity index (χ1n) is 5.94. The molecule has 0 aliphatic carbocycles. The minimum Gasteiger partial charge on any atom is -0.457 e. The van der Waals surface area contributed by atoms with Crippen molar-refractivity contribution < 1.29 is 9.66 Å². The highest BCUT2D eigenvalue weighted by Gasteiger charge is 2.08. The van der Waals surface area contributed by atoms with Gasteiger partial charge in [-0.1, -0.05) is 22.0 Å². The maximum absolute atomic E-state index is 10.6. The summed E-state index contributed by atoms with van der Waals surface area (Å²) >= 11 is 3.44. The molecule has 2 N–H and O–H groups in total. The monoisotopic (exact) mass is 336 g/mol. The number of benzene rings is 2. The molecule has 6 heteroatoms. The number of nitro groups is 1. The number of non-ortho nitro benzene ring substituents is 1. The lowest BCUT2D eigenvalue weighted by molar-refractivity contribution is -0.384. The summed E-state index contributed by atoms with van der Waals surface area (Å²) in [4.78, 5) is 10.1. The molecule has 5 nitrogen and oxygen atoms in total. The highest BCUT2D eigenvalue weighted by Crippen LogP contribution is 2.30. The molecule has 0 aromatic heterocycles. The first kappa shape index (κ1) is 14.5. The van der Waals surface area contributed by atoms with Gasteiger partial charge < -0.3 is 10.5 Å². The molecule has 0 radical (unpaired) electrons. The second kappa shape index (κ2) is 6.02. The van der Waals surface area contributed by atoms with E-state index in [1.165, 1.54) is 12.1 Å². The van der Waals surface area contributed by atoms with Crippen molar-refractivity contribution in [2.24, 2.45) is 5.73 Å². The van der Waals surface area contributed by atoms with Crippen LogP contribution in [-0.2, 0) is 0 Å². The molecule has 0 heterocycles. The molecule has 2 aromatic carbocycles. The molecule has 2 aromatic rings. The van der Waals surface area contributed by atoms with Crippen LogP contribution < -0.4 is 10.5 Å². The molecule has 2 rings (SSSR count). The molecular formula is C14H13BrN2O3. The Kier molecular flexibility index (Phi) is 4.36. The summed E-state index contributed by atoms with van der Waals surface area (Å²) in [6.45, 7) is 1.90. The minimum absolute atomic E-state index is 0.0332. The molecule has 104 valence electrons. The normalized spacial score (nSPS) is 11.9. The molecule has 20 heavy (non-hydrogen) atoms. The zero-order valence-electron chi connectivity index (χ0n) is 10.7. The van der Waals surface area contributed by atoms with Gasteiger partial charge in [0.25, 0.3) is 5.69 Å². The van der Waals surface area contributed by atoms with Crippen molar-refractivity contribution in [1.82, 2.24) is 0 Å². The van der Waals surface area contributed by atoms with Crippen molar-refractivity contribution in [3.05, 3.63) is 62.6 Å². The summed E-state index contributed by atoms with van der Waals surface area (Å²) in [6, 6.07) is 11.4. The molecule has 1 unspecified atom stereocenters. The Morgan fingerprint density at radius 2 is 1.80 bits per heavy atom. The predicted octanol–water partition coefficient (Wildman–Crippen LogP) is 4.17. The second-order valence-electron chi connectivity index (χ2n) is 4.33. The second-order valence-corrected chi connectivity index (χ2v) is 5.18. The lowest BCUT2D eigenvalue weighted by Gasteiger charge is -2.11. The summed E-state index contributed by atoms with van der Waals surface area (Å²) < 4.78 is 6.50. The van der Waals surface area contributed by atoms with Crippen LogP contribution in [0.5, 0.6) is 11.5 Å². The van der Waals surface area contributed by atoms with Gasteiger partial charge in [-0.3, -0.25) is 10.1 Å². The lowest BCUT2D eigenvalue weighted by atomic mass is 10.1. The van der Waals surface area contributed by atoms with Gasteiger partial charge in [0, 0.05) is 22.6 Å². The number of nitro benzene ring substituents is 1. The molecule has 0 bridgehead atoms. The van der Waals surface area contributed by atoms with E-state index >= 15 is 0 Å². The maximum Gasteiger partial charge on any atom is 0.269 e. The summed E-state index contributed by atoms with van der Waals surface area (Å²) in [5.74, 6) is 1.17. The van der Waals surface area contributed by atoms with Crippen molar-refractivity contribution >= 4 is 21.6 Å². The van der Waals surface area contributed by atoms with Gasteiger partial charge in [-0.05, 0) is 36.8 Å². The Morgan fingerprint density at radius 1 is 1.20 bits per heavy atom. The van der Waals surface area contributed by atoms with E-state index in [-0.39, 0.29) is 11.7 Å². The first-order chi connectivity index (χ1) is 9.47. The van der Waals surface area contributed by atoms with Gasteiger partial charge >= 0.3 is 0 Å². The van der Waals surface area contributed by atoms with Gasteiger partial charge in [0.05, 0.1) is 4.92 Å². The van der Waals surface area contributed by atoms with E-state index in [2.05, 4.69) is 15.9 Å². The highest BCUT2D eigenvalue weighted by atomic mass is 79.9. The van der Waals surface area contributed by atoms with Crippen molar-refractivity contribution in [2.45, 2.75) is 13.0 Å². The maximum atomic E-state index is 10.6. The molecule has 0 saturated heterocycles. The van der Waals surface area contributed by atoms with Crippen LogP contribution in [0.4, 0.5) is 5.69 Å². The summed E-state index contributed by atoms with van der Waals surface area (Å²) in [5, 5.41) is 10.6. The summed E-state index contributed by atoms with van der Waals surface area (Å²) in [5.41, 5.74) is 6.85. The van der Waals surface area contributed by atoms with E-state index in [0.717, 1.165) is 10.0 Å². The van der Waals surface area contributed by atoms with Gasteiger partial charge in [0.15, 0.2) is 0 Å². The van der Waals surface area contributed by atoms with Crippen LogP contribution in [0.25, 0.3) is 0 Å². The molecule has 0 spiro atoms. The van der Waals surface area contributed by atoms with Crippen molar-refractivity contribution in [3.8, 4) is 11.5 Å². The third-order valence-corrected chi connectivity index (χ3v) is 3.43. The Balaban J connectivity index is 2.17. The van der Waals surface area contributed by atoms with E-state index < -0.39 is 4.92 Å². The molecule has 0 fully saturated rings. The van der Waals surface area contributed by atoms with Crippen LogP contribution in [-0.4, -0.2) is 4.92 Å². The number of ether oxygens (including phenoxy) is 1. The third-order valence-electron chi connectivity index (χ3n) is 2.75. The number of hydrogen-bond donors (Lipinski definition) is 1. The van der Waals surface area contributed by atoms with Crippen molar-refractivity contribution in [2.75, 3.05) is 0 Å². The fourth-order valence-electron chi connectivity index (χ4n) is 1.71. The summed E-state index contributed by atoms with van der Waals surface area (Å²) in [7, 11) is 0. The van der Waals surface area contributed by atoms with E-state index in [1.54, 1.807) is 12.1 Å². The molecule has 1 atom stereocenters. The van der Waals surface area contributed by atoms with Gasteiger partial charge in [-0.15, -0.1) is 0 Å². The largest absolute Gasteiger partial charge is 0.457 e. The Hall–Kier alpha value is -1.92. The molecular weight excluding hydrogens is 324 g/mol. The van der Waals surface area contributed by atoms with Crippen LogP contribution in [0.1, 0.15) is 18.5 Å². The number of nitrogens with zero attached hydrogens (tertiary/aromatic N) is 1. The Labute approximate surface area is 124 Å². The Morgan fingerprint density at radius 3 is 2.30 bits per heavy atom. The fraction of sp³-hybridized carbons (Fsp3) is 0.143. The van der Waals surface area contributed by atoms with Gasteiger partial charge in [-0.25, -0.2) is 0 Å². The zero-order chi connectivity index (χ0) is 14.7. The molecule has 0 amide bonds. The Bertz CT molecular complexity index is 627. The van der Waals surface area contributed by atoms with Gasteiger partial charge in [-0.2, -0.15) is 0 Å². The third kappa shape index (κ3) is 3.34. The molecule has 0 aliphatic heterocycles. The van der Waals surface area contributed by atoms with Crippen molar-refractivity contribution in [1.29, 1.82) is 0 Å². The van der Waals surface area contributed by atoms with E-state index in [0.29, 0.717) is 11.5 Å². The predicted molar refractivity (Wildman–Crippen MR) is 79.9 cm³/mol. The van der Waals surface area contributed by atoms with Crippen LogP contribution in [0.15, 0.2) is 46.9 Å².